The molecule has 2 rings (SSSR count). The van der Waals surface area contributed by atoms with Gasteiger partial charge in [0.1, 0.15) is 0 Å². The minimum absolute atomic E-state index is 0.00932. The molecule has 0 bridgehead atoms. The van der Waals surface area contributed by atoms with Gasteiger partial charge in [0.05, 0.1) is 6.54 Å². The monoisotopic (exact) mass is 317 g/mol. The summed E-state index contributed by atoms with van der Waals surface area (Å²) < 4.78 is 0. The van der Waals surface area contributed by atoms with E-state index in [1.54, 1.807) is 0 Å². The van der Waals surface area contributed by atoms with Gasteiger partial charge in [0.2, 0.25) is 11.8 Å². The third-order valence-electron chi connectivity index (χ3n) is 4.46. The van der Waals surface area contributed by atoms with Gasteiger partial charge in [-0.25, -0.2) is 0 Å². The van der Waals surface area contributed by atoms with E-state index in [4.69, 9.17) is 0 Å². The van der Waals surface area contributed by atoms with Crippen LogP contribution in [0.25, 0.3) is 0 Å². The highest BCUT2D eigenvalue weighted by atomic mass is 16.2. The number of carbonyl (C=O) groups excluding carboxylic acids is 2. The molecule has 1 saturated heterocycles. The Balaban J connectivity index is 1.85. The molecular weight excluding hydrogens is 290 g/mol. The molecular formula is C18H27N3O2. The lowest BCUT2D eigenvalue weighted by Gasteiger charge is -2.37. The van der Waals surface area contributed by atoms with E-state index in [0.29, 0.717) is 19.5 Å². The maximum Gasteiger partial charge on any atom is 0.242 e. The number of rotatable bonds is 5. The molecule has 2 amide bonds. The van der Waals surface area contributed by atoms with Crippen molar-refractivity contribution >= 4 is 17.5 Å². The molecule has 0 spiro atoms. The molecule has 1 N–H and O–H groups in total. The molecule has 0 aliphatic carbocycles. The van der Waals surface area contributed by atoms with E-state index in [2.05, 4.69) is 42.3 Å². The van der Waals surface area contributed by atoms with Gasteiger partial charge in [-0.05, 0) is 37.5 Å². The van der Waals surface area contributed by atoms with Crippen LogP contribution in [0.3, 0.4) is 0 Å². The van der Waals surface area contributed by atoms with E-state index in [0.717, 1.165) is 19.5 Å². The van der Waals surface area contributed by atoms with Crippen molar-refractivity contribution in [1.82, 2.24) is 10.2 Å². The zero-order valence-electron chi connectivity index (χ0n) is 14.4. The van der Waals surface area contributed by atoms with Gasteiger partial charge in [-0.2, -0.15) is 0 Å². The summed E-state index contributed by atoms with van der Waals surface area (Å²) in [6.07, 6.45) is 1.28. The lowest BCUT2D eigenvalue weighted by atomic mass is 10.1. The predicted octanol–water partition coefficient (Wildman–Crippen LogP) is 1.87. The Kier molecular flexibility index (Phi) is 6.02. The Morgan fingerprint density at radius 2 is 1.83 bits per heavy atom. The standard InChI is InChI=1S/C18H27N3O2/c1-4-6-17(22)19-13-18(23)21-11-9-20(10-12-21)16-8-5-7-14(2)15(16)3/h5,7-8H,4,6,9-13H2,1-3H3,(H,19,22). The Morgan fingerprint density at radius 1 is 1.13 bits per heavy atom. The summed E-state index contributed by atoms with van der Waals surface area (Å²) in [7, 11) is 0. The molecule has 1 aliphatic rings. The van der Waals surface area contributed by atoms with Crippen LogP contribution in [0.5, 0.6) is 0 Å². The van der Waals surface area contributed by atoms with Crippen molar-refractivity contribution in [3.05, 3.63) is 29.3 Å². The topological polar surface area (TPSA) is 52.7 Å². The minimum atomic E-state index is -0.0464. The Morgan fingerprint density at radius 3 is 2.48 bits per heavy atom. The van der Waals surface area contributed by atoms with Crippen molar-refractivity contribution in [3.8, 4) is 0 Å². The fourth-order valence-corrected chi connectivity index (χ4v) is 2.88. The highest BCUT2D eigenvalue weighted by molar-refractivity contribution is 5.84. The minimum Gasteiger partial charge on any atom is -0.368 e. The summed E-state index contributed by atoms with van der Waals surface area (Å²) in [4.78, 5) is 27.8. The Bertz CT molecular complexity index is 563. The fourth-order valence-electron chi connectivity index (χ4n) is 2.88. The third kappa shape index (κ3) is 4.47. The van der Waals surface area contributed by atoms with E-state index in [1.165, 1.54) is 16.8 Å². The second-order valence-electron chi connectivity index (χ2n) is 6.11. The molecule has 1 heterocycles. The quantitative estimate of drug-likeness (QED) is 0.902. The molecule has 5 nitrogen and oxygen atoms in total. The smallest absolute Gasteiger partial charge is 0.242 e. The molecule has 0 atom stereocenters. The number of amides is 2. The zero-order chi connectivity index (χ0) is 16.8. The first-order valence-electron chi connectivity index (χ1n) is 8.38. The number of nitrogens with zero attached hydrogens (tertiary/aromatic N) is 2. The summed E-state index contributed by atoms with van der Waals surface area (Å²) in [5, 5.41) is 2.70. The maximum absolute atomic E-state index is 12.2. The van der Waals surface area contributed by atoms with E-state index in [1.807, 2.05) is 11.8 Å². The highest BCUT2D eigenvalue weighted by Gasteiger charge is 2.22. The van der Waals surface area contributed by atoms with Crippen LogP contribution in [0.4, 0.5) is 5.69 Å². The van der Waals surface area contributed by atoms with Crippen molar-refractivity contribution in [3.63, 3.8) is 0 Å². The van der Waals surface area contributed by atoms with E-state index >= 15 is 0 Å². The number of piperazine rings is 1. The number of hydrogen-bond acceptors (Lipinski definition) is 3. The van der Waals surface area contributed by atoms with Crippen molar-refractivity contribution < 1.29 is 9.59 Å². The Labute approximate surface area is 138 Å². The van der Waals surface area contributed by atoms with Crippen LogP contribution in [-0.2, 0) is 9.59 Å². The zero-order valence-corrected chi connectivity index (χ0v) is 14.4. The second-order valence-corrected chi connectivity index (χ2v) is 6.11. The predicted molar refractivity (Wildman–Crippen MR) is 92.6 cm³/mol. The van der Waals surface area contributed by atoms with Crippen LogP contribution in [0.2, 0.25) is 0 Å². The number of anilines is 1. The van der Waals surface area contributed by atoms with E-state index in [-0.39, 0.29) is 18.4 Å². The third-order valence-corrected chi connectivity index (χ3v) is 4.46. The highest BCUT2D eigenvalue weighted by Crippen LogP contribution is 2.23. The van der Waals surface area contributed by atoms with Crippen molar-refractivity contribution in [2.45, 2.75) is 33.6 Å². The number of nitrogens with one attached hydrogen (secondary N) is 1. The van der Waals surface area contributed by atoms with Crippen LogP contribution in [-0.4, -0.2) is 49.4 Å². The fraction of sp³-hybridized carbons (Fsp3) is 0.556. The largest absolute Gasteiger partial charge is 0.368 e. The van der Waals surface area contributed by atoms with Crippen molar-refractivity contribution in [2.75, 3.05) is 37.6 Å². The Hall–Kier alpha value is -2.04. The SMILES string of the molecule is CCCC(=O)NCC(=O)N1CCN(c2cccc(C)c2C)CC1. The first kappa shape index (κ1) is 17.3. The summed E-state index contributed by atoms with van der Waals surface area (Å²) >= 11 is 0. The van der Waals surface area contributed by atoms with Crippen LogP contribution < -0.4 is 10.2 Å². The molecule has 0 radical (unpaired) electrons. The average Bonchev–Trinajstić information content (AvgIpc) is 2.56. The van der Waals surface area contributed by atoms with Crippen LogP contribution in [0, 0.1) is 13.8 Å². The lowest BCUT2D eigenvalue weighted by Crippen LogP contribution is -2.51. The van der Waals surface area contributed by atoms with Crippen molar-refractivity contribution in [1.29, 1.82) is 0 Å². The number of carbonyl (C=O) groups is 2. The lowest BCUT2D eigenvalue weighted by molar-refractivity contribution is -0.133. The summed E-state index contributed by atoms with van der Waals surface area (Å²) in [5.74, 6) is -0.0371. The van der Waals surface area contributed by atoms with Crippen molar-refractivity contribution in [2.24, 2.45) is 0 Å². The van der Waals surface area contributed by atoms with Gasteiger partial charge in [0, 0.05) is 38.3 Å². The summed E-state index contributed by atoms with van der Waals surface area (Å²) in [6.45, 7) is 9.41. The van der Waals surface area contributed by atoms with Gasteiger partial charge in [-0.3, -0.25) is 9.59 Å². The second kappa shape index (κ2) is 7.99. The molecule has 1 aliphatic heterocycles. The van der Waals surface area contributed by atoms with Gasteiger partial charge in [-0.1, -0.05) is 19.1 Å². The maximum atomic E-state index is 12.2. The first-order valence-corrected chi connectivity index (χ1v) is 8.38. The number of aryl methyl sites for hydroxylation is 1. The molecule has 1 fully saturated rings. The normalized spacial score (nSPS) is 14.7. The number of benzene rings is 1. The van der Waals surface area contributed by atoms with E-state index < -0.39 is 0 Å². The van der Waals surface area contributed by atoms with Gasteiger partial charge >= 0.3 is 0 Å². The summed E-state index contributed by atoms with van der Waals surface area (Å²) in [6, 6.07) is 6.35. The first-order chi connectivity index (χ1) is 11.0. The van der Waals surface area contributed by atoms with Gasteiger partial charge in [0.25, 0.3) is 0 Å². The number of hydrogen-bond donors (Lipinski definition) is 1. The van der Waals surface area contributed by atoms with E-state index in [9.17, 15) is 9.59 Å². The van der Waals surface area contributed by atoms with Gasteiger partial charge in [0.15, 0.2) is 0 Å². The van der Waals surface area contributed by atoms with Gasteiger partial charge < -0.3 is 15.1 Å². The molecule has 5 heteroatoms. The molecule has 126 valence electrons. The van der Waals surface area contributed by atoms with Crippen LogP contribution in [0.1, 0.15) is 30.9 Å². The van der Waals surface area contributed by atoms with Gasteiger partial charge in [-0.15, -0.1) is 0 Å². The average molecular weight is 317 g/mol. The van der Waals surface area contributed by atoms with Crippen LogP contribution in [0.15, 0.2) is 18.2 Å². The molecule has 1 aromatic rings. The molecule has 0 aromatic heterocycles. The summed E-state index contributed by atoms with van der Waals surface area (Å²) in [5.41, 5.74) is 3.85. The molecule has 23 heavy (non-hydrogen) atoms. The van der Waals surface area contributed by atoms with Crippen LogP contribution >= 0.6 is 0 Å². The molecule has 1 aromatic carbocycles. The molecule has 0 unspecified atom stereocenters. The molecule has 0 saturated carbocycles.